The Morgan fingerprint density at radius 3 is 2.28 bits per heavy atom. The van der Waals surface area contributed by atoms with Crippen molar-refractivity contribution in [2.45, 2.75) is 24.9 Å². The van der Waals surface area contributed by atoms with E-state index < -0.39 is 15.8 Å². The molecule has 168 valence electrons. The van der Waals surface area contributed by atoms with E-state index in [2.05, 4.69) is 10.0 Å². The summed E-state index contributed by atoms with van der Waals surface area (Å²) in [4.78, 5) is 14.4. The van der Waals surface area contributed by atoms with Crippen molar-refractivity contribution in [1.82, 2.24) is 10.0 Å². The summed E-state index contributed by atoms with van der Waals surface area (Å²) in [5.74, 6) is -0.582. The minimum Gasteiger partial charge on any atom is -0.363 e. The lowest BCUT2D eigenvalue weighted by molar-refractivity contribution is -0.119. The molecule has 2 N–H and O–H groups in total. The highest BCUT2D eigenvalue weighted by Crippen LogP contribution is 2.14. The molecule has 0 bridgehead atoms. The van der Waals surface area contributed by atoms with Gasteiger partial charge in [-0.2, -0.15) is 0 Å². The van der Waals surface area contributed by atoms with E-state index in [1.54, 1.807) is 18.2 Å². The molecule has 3 rings (SSSR count). The number of amides is 1. The summed E-state index contributed by atoms with van der Waals surface area (Å²) >= 11 is 0. The molecule has 0 unspecified atom stereocenters. The van der Waals surface area contributed by atoms with E-state index in [1.807, 2.05) is 42.2 Å². The molecule has 0 aliphatic heterocycles. The van der Waals surface area contributed by atoms with Gasteiger partial charge in [0, 0.05) is 25.3 Å². The van der Waals surface area contributed by atoms with Gasteiger partial charge in [0.15, 0.2) is 0 Å². The first kappa shape index (κ1) is 23.4. The lowest BCUT2D eigenvalue weighted by Gasteiger charge is -2.22. The maximum absolute atomic E-state index is 13.3. The van der Waals surface area contributed by atoms with Gasteiger partial charge in [0.25, 0.3) is 0 Å². The van der Waals surface area contributed by atoms with Crippen LogP contribution in [0.15, 0.2) is 83.8 Å². The monoisotopic (exact) mass is 455 g/mol. The summed E-state index contributed by atoms with van der Waals surface area (Å²) in [6, 6.07) is 21.8. The molecule has 0 aliphatic carbocycles. The SMILES string of the molecule is CCN(CC(=O)NCc1cccc(S(=O)(=O)NCc2cccc(F)c2)c1)c1ccccc1. The molecule has 0 aliphatic rings. The van der Waals surface area contributed by atoms with E-state index >= 15 is 0 Å². The highest BCUT2D eigenvalue weighted by Gasteiger charge is 2.15. The summed E-state index contributed by atoms with van der Waals surface area (Å²) in [5, 5.41) is 2.84. The minimum absolute atomic E-state index is 0.0204. The predicted molar refractivity (Wildman–Crippen MR) is 123 cm³/mol. The maximum Gasteiger partial charge on any atom is 0.240 e. The Morgan fingerprint density at radius 2 is 1.59 bits per heavy atom. The maximum atomic E-state index is 13.3. The number of anilines is 1. The summed E-state index contributed by atoms with van der Waals surface area (Å²) in [6.07, 6.45) is 0. The molecule has 0 saturated carbocycles. The lowest BCUT2D eigenvalue weighted by Crippen LogP contribution is -2.37. The van der Waals surface area contributed by atoms with Crippen LogP contribution >= 0.6 is 0 Å². The van der Waals surface area contributed by atoms with Crippen LogP contribution in [0.1, 0.15) is 18.1 Å². The van der Waals surface area contributed by atoms with Crippen molar-refractivity contribution in [1.29, 1.82) is 0 Å². The molecule has 0 fully saturated rings. The third-order valence-corrected chi connectivity index (χ3v) is 6.29. The van der Waals surface area contributed by atoms with Crippen LogP contribution in [0.5, 0.6) is 0 Å². The van der Waals surface area contributed by atoms with Gasteiger partial charge >= 0.3 is 0 Å². The van der Waals surface area contributed by atoms with Gasteiger partial charge in [-0.15, -0.1) is 0 Å². The average molecular weight is 456 g/mol. The fraction of sp³-hybridized carbons (Fsp3) is 0.208. The standard InChI is InChI=1S/C24H26FN3O3S/c1-2-28(22-11-4-3-5-12-22)18-24(29)26-16-20-9-7-13-23(15-20)32(30,31)27-17-19-8-6-10-21(25)14-19/h3-15,27H,2,16-18H2,1H3,(H,26,29). The normalized spacial score (nSPS) is 11.2. The topological polar surface area (TPSA) is 78.5 Å². The highest BCUT2D eigenvalue weighted by molar-refractivity contribution is 7.89. The van der Waals surface area contributed by atoms with Crippen LogP contribution in [0.2, 0.25) is 0 Å². The number of nitrogens with one attached hydrogen (secondary N) is 2. The number of para-hydroxylation sites is 1. The molecule has 32 heavy (non-hydrogen) atoms. The van der Waals surface area contributed by atoms with E-state index in [-0.39, 0.29) is 30.4 Å². The van der Waals surface area contributed by atoms with Crippen molar-refractivity contribution in [2.24, 2.45) is 0 Å². The van der Waals surface area contributed by atoms with Crippen LogP contribution < -0.4 is 14.9 Å². The fourth-order valence-corrected chi connectivity index (χ4v) is 4.27. The number of rotatable bonds is 10. The highest BCUT2D eigenvalue weighted by atomic mass is 32.2. The van der Waals surface area contributed by atoms with E-state index in [9.17, 15) is 17.6 Å². The van der Waals surface area contributed by atoms with Crippen LogP contribution in [0.4, 0.5) is 10.1 Å². The van der Waals surface area contributed by atoms with E-state index in [4.69, 9.17) is 0 Å². The summed E-state index contributed by atoms with van der Waals surface area (Å²) in [5.41, 5.74) is 2.15. The molecule has 0 aromatic heterocycles. The zero-order chi connectivity index (χ0) is 23.0. The number of benzene rings is 3. The van der Waals surface area contributed by atoms with Crippen LogP contribution in [0.3, 0.4) is 0 Å². The molecule has 3 aromatic carbocycles. The number of sulfonamides is 1. The molecule has 0 spiro atoms. The van der Waals surface area contributed by atoms with Gasteiger partial charge in [-0.25, -0.2) is 17.5 Å². The van der Waals surface area contributed by atoms with Gasteiger partial charge in [0.05, 0.1) is 11.4 Å². The molecular weight excluding hydrogens is 429 g/mol. The second kappa shape index (κ2) is 10.9. The minimum atomic E-state index is -3.78. The summed E-state index contributed by atoms with van der Waals surface area (Å²) in [7, 11) is -3.78. The molecule has 0 radical (unpaired) electrons. The zero-order valence-corrected chi connectivity index (χ0v) is 18.6. The van der Waals surface area contributed by atoms with Crippen LogP contribution in [0, 0.1) is 5.82 Å². The predicted octanol–water partition coefficient (Wildman–Crippen LogP) is 3.45. The summed E-state index contributed by atoms with van der Waals surface area (Å²) in [6.45, 7) is 3.05. The van der Waals surface area contributed by atoms with Crippen molar-refractivity contribution in [3.8, 4) is 0 Å². The Balaban J connectivity index is 1.58. The van der Waals surface area contributed by atoms with Gasteiger partial charge in [-0.05, 0) is 54.4 Å². The fourth-order valence-electron chi connectivity index (χ4n) is 3.19. The van der Waals surface area contributed by atoms with Gasteiger partial charge in [0.1, 0.15) is 5.82 Å². The van der Waals surface area contributed by atoms with Gasteiger partial charge < -0.3 is 10.2 Å². The quantitative estimate of drug-likeness (QED) is 0.491. The average Bonchev–Trinajstić information content (AvgIpc) is 2.81. The molecular formula is C24H26FN3O3S. The molecule has 0 saturated heterocycles. The van der Waals surface area contributed by atoms with Crippen molar-refractivity contribution >= 4 is 21.6 Å². The first-order valence-electron chi connectivity index (χ1n) is 10.3. The molecule has 0 atom stereocenters. The molecule has 6 nitrogen and oxygen atoms in total. The largest absolute Gasteiger partial charge is 0.363 e. The number of nitrogens with zero attached hydrogens (tertiary/aromatic N) is 1. The number of hydrogen-bond donors (Lipinski definition) is 2. The van der Waals surface area contributed by atoms with Crippen LogP contribution in [-0.2, 0) is 27.9 Å². The van der Waals surface area contributed by atoms with Gasteiger partial charge in [-0.1, -0.05) is 42.5 Å². The second-order valence-electron chi connectivity index (χ2n) is 7.23. The number of carbonyl (C=O) groups excluding carboxylic acids is 1. The van der Waals surface area contributed by atoms with Crippen LogP contribution in [-0.4, -0.2) is 27.4 Å². The summed E-state index contributed by atoms with van der Waals surface area (Å²) < 4.78 is 41.0. The Morgan fingerprint density at radius 1 is 0.906 bits per heavy atom. The van der Waals surface area contributed by atoms with Crippen molar-refractivity contribution in [2.75, 3.05) is 18.0 Å². The van der Waals surface area contributed by atoms with Gasteiger partial charge in [-0.3, -0.25) is 4.79 Å². The van der Waals surface area contributed by atoms with Gasteiger partial charge in [0.2, 0.25) is 15.9 Å². The van der Waals surface area contributed by atoms with E-state index in [0.29, 0.717) is 17.7 Å². The van der Waals surface area contributed by atoms with Crippen molar-refractivity contribution in [3.63, 3.8) is 0 Å². The Hall–Kier alpha value is -3.23. The van der Waals surface area contributed by atoms with Crippen LogP contribution in [0.25, 0.3) is 0 Å². The first-order valence-corrected chi connectivity index (χ1v) is 11.8. The molecule has 1 amide bonds. The molecule has 8 heteroatoms. The molecule has 3 aromatic rings. The number of carbonyl (C=O) groups is 1. The number of hydrogen-bond acceptors (Lipinski definition) is 4. The number of likely N-dealkylation sites (N-methyl/N-ethyl adjacent to an activating group) is 1. The number of halogens is 1. The second-order valence-corrected chi connectivity index (χ2v) is 9.00. The zero-order valence-electron chi connectivity index (χ0n) is 17.8. The Bertz CT molecular complexity index is 1150. The van der Waals surface area contributed by atoms with E-state index in [0.717, 1.165) is 5.69 Å². The van der Waals surface area contributed by atoms with Crippen molar-refractivity contribution in [3.05, 3.63) is 95.8 Å². The Labute approximate surface area is 188 Å². The third-order valence-electron chi connectivity index (χ3n) is 4.89. The third kappa shape index (κ3) is 6.63. The Kier molecular flexibility index (Phi) is 7.97. The first-order chi connectivity index (χ1) is 15.4. The smallest absolute Gasteiger partial charge is 0.240 e. The van der Waals surface area contributed by atoms with Crippen molar-refractivity contribution < 1.29 is 17.6 Å². The lowest BCUT2D eigenvalue weighted by atomic mass is 10.2. The van der Waals surface area contributed by atoms with E-state index in [1.165, 1.54) is 30.3 Å². The molecule has 0 heterocycles.